The van der Waals surface area contributed by atoms with Crippen LogP contribution in [0.1, 0.15) is 30.6 Å². The third-order valence-electron chi connectivity index (χ3n) is 2.77. The molecule has 0 radical (unpaired) electrons. The van der Waals surface area contributed by atoms with Gasteiger partial charge in [-0.1, -0.05) is 0 Å². The fourth-order valence-corrected chi connectivity index (χ4v) is 1.71. The summed E-state index contributed by atoms with van der Waals surface area (Å²) in [5.41, 5.74) is 4.48. The van der Waals surface area contributed by atoms with Gasteiger partial charge in [-0.15, -0.1) is 0 Å². The van der Waals surface area contributed by atoms with Crippen molar-refractivity contribution in [1.29, 1.82) is 0 Å². The van der Waals surface area contributed by atoms with E-state index in [-0.39, 0.29) is 18.2 Å². The first-order valence-corrected chi connectivity index (χ1v) is 6.04. The molecule has 6 heteroatoms. The lowest BCUT2D eigenvalue weighted by Crippen LogP contribution is -2.38. The number of hydrogen-bond acceptors (Lipinski definition) is 3. The van der Waals surface area contributed by atoms with Crippen LogP contribution in [-0.2, 0) is 0 Å². The number of nitrogens with two attached hydrogens (primary N) is 1. The lowest BCUT2D eigenvalue weighted by molar-refractivity contribution is 0.0692. The predicted octanol–water partition coefficient (Wildman–Crippen LogP) is 1.78. The number of carbonyl (C=O) groups excluding carboxylic acids is 1. The van der Waals surface area contributed by atoms with Gasteiger partial charge in [0.05, 0.1) is 0 Å². The summed E-state index contributed by atoms with van der Waals surface area (Å²) in [6, 6.07) is 1.71. The number of amides is 1. The summed E-state index contributed by atoms with van der Waals surface area (Å²) in [6.07, 6.45) is 0.407. The summed E-state index contributed by atoms with van der Waals surface area (Å²) >= 11 is 0. The molecule has 0 aliphatic rings. The smallest absolute Gasteiger partial charge is 0.254 e. The normalized spacial score (nSPS) is 10.8. The zero-order chi connectivity index (χ0) is 14.6. The SMILES string of the molecule is CC(C)N(CCCO)C(=O)c1cc(F)c(N)c(F)c1. The first kappa shape index (κ1) is 15.4. The Morgan fingerprint density at radius 2 is 1.89 bits per heavy atom. The topological polar surface area (TPSA) is 66.6 Å². The number of aliphatic hydroxyl groups is 1. The molecular formula is C13H18F2N2O2. The van der Waals surface area contributed by atoms with Crippen LogP contribution in [0.5, 0.6) is 0 Å². The molecule has 0 atom stereocenters. The van der Waals surface area contributed by atoms with Crippen LogP contribution in [-0.4, -0.2) is 35.1 Å². The van der Waals surface area contributed by atoms with Gasteiger partial charge in [-0.05, 0) is 32.4 Å². The van der Waals surface area contributed by atoms with Crippen LogP contribution >= 0.6 is 0 Å². The first-order valence-electron chi connectivity index (χ1n) is 6.04. The maximum atomic E-state index is 13.3. The number of halogens is 2. The molecule has 0 aromatic heterocycles. The summed E-state index contributed by atoms with van der Waals surface area (Å²) in [4.78, 5) is 13.6. The van der Waals surface area contributed by atoms with Gasteiger partial charge in [0, 0.05) is 24.8 Å². The highest BCUT2D eigenvalue weighted by Gasteiger charge is 2.20. The Balaban J connectivity index is 3.03. The molecule has 3 N–H and O–H groups in total. The molecule has 106 valence electrons. The summed E-state index contributed by atoms with van der Waals surface area (Å²) in [7, 11) is 0. The van der Waals surface area contributed by atoms with Crippen LogP contribution in [0.2, 0.25) is 0 Å². The van der Waals surface area contributed by atoms with Crippen molar-refractivity contribution in [2.24, 2.45) is 0 Å². The molecule has 0 fully saturated rings. The zero-order valence-corrected chi connectivity index (χ0v) is 11.0. The van der Waals surface area contributed by atoms with Crippen molar-refractivity contribution in [3.05, 3.63) is 29.3 Å². The van der Waals surface area contributed by atoms with Crippen molar-refractivity contribution in [2.45, 2.75) is 26.3 Å². The van der Waals surface area contributed by atoms with Crippen LogP contribution in [0.4, 0.5) is 14.5 Å². The lowest BCUT2D eigenvalue weighted by Gasteiger charge is -2.26. The molecule has 1 aromatic carbocycles. The van der Waals surface area contributed by atoms with E-state index in [1.165, 1.54) is 4.90 Å². The largest absolute Gasteiger partial charge is 0.396 e. The predicted molar refractivity (Wildman–Crippen MR) is 68.6 cm³/mol. The van der Waals surface area contributed by atoms with Crippen LogP contribution < -0.4 is 5.73 Å². The van der Waals surface area contributed by atoms with Crippen LogP contribution in [0, 0.1) is 11.6 Å². The van der Waals surface area contributed by atoms with Gasteiger partial charge in [-0.2, -0.15) is 0 Å². The van der Waals surface area contributed by atoms with E-state index in [9.17, 15) is 13.6 Å². The molecule has 1 aromatic rings. The van der Waals surface area contributed by atoms with Gasteiger partial charge < -0.3 is 15.7 Å². The Kier molecular flexibility index (Phi) is 5.23. The highest BCUT2D eigenvalue weighted by Crippen LogP contribution is 2.19. The van der Waals surface area contributed by atoms with E-state index < -0.39 is 23.2 Å². The molecule has 0 saturated heterocycles. The quantitative estimate of drug-likeness (QED) is 0.803. The molecule has 0 bridgehead atoms. The summed E-state index contributed by atoms with van der Waals surface area (Å²) in [5.74, 6) is -2.38. The second-order valence-electron chi connectivity index (χ2n) is 4.52. The number of hydrogen-bond donors (Lipinski definition) is 2. The monoisotopic (exact) mass is 272 g/mol. The van der Waals surface area contributed by atoms with E-state index >= 15 is 0 Å². The average Bonchev–Trinajstić information content (AvgIpc) is 2.35. The highest BCUT2D eigenvalue weighted by atomic mass is 19.1. The number of rotatable bonds is 5. The molecule has 4 nitrogen and oxygen atoms in total. The van der Waals surface area contributed by atoms with Gasteiger partial charge in [0.1, 0.15) is 17.3 Å². The average molecular weight is 272 g/mol. The molecular weight excluding hydrogens is 254 g/mol. The Morgan fingerprint density at radius 3 is 2.32 bits per heavy atom. The van der Waals surface area contributed by atoms with E-state index in [0.29, 0.717) is 13.0 Å². The second kappa shape index (κ2) is 6.47. The molecule has 0 spiro atoms. The van der Waals surface area contributed by atoms with Crippen molar-refractivity contribution in [2.75, 3.05) is 18.9 Å². The van der Waals surface area contributed by atoms with Gasteiger partial charge in [0.15, 0.2) is 0 Å². The van der Waals surface area contributed by atoms with Gasteiger partial charge >= 0.3 is 0 Å². The Morgan fingerprint density at radius 1 is 1.37 bits per heavy atom. The maximum absolute atomic E-state index is 13.3. The molecule has 0 aliphatic heterocycles. The van der Waals surface area contributed by atoms with Gasteiger partial charge in [-0.25, -0.2) is 8.78 Å². The molecule has 0 unspecified atom stereocenters. The number of carbonyl (C=O) groups is 1. The Hall–Kier alpha value is -1.69. The number of nitrogen functional groups attached to an aromatic ring is 1. The van der Waals surface area contributed by atoms with Crippen molar-refractivity contribution in [3.63, 3.8) is 0 Å². The highest BCUT2D eigenvalue weighted by molar-refractivity contribution is 5.94. The fourth-order valence-electron chi connectivity index (χ4n) is 1.71. The third-order valence-corrected chi connectivity index (χ3v) is 2.77. The van der Waals surface area contributed by atoms with Gasteiger partial charge in [-0.3, -0.25) is 4.79 Å². The molecule has 0 saturated carbocycles. The Bertz CT molecular complexity index is 441. The van der Waals surface area contributed by atoms with E-state index in [1.807, 2.05) is 0 Å². The van der Waals surface area contributed by atoms with Crippen LogP contribution in [0.15, 0.2) is 12.1 Å². The molecule has 1 amide bonds. The van der Waals surface area contributed by atoms with Crippen LogP contribution in [0.25, 0.3) is 0 Å². The lowest BCUT2D eigenvalue weighted by atomic mass is 10.1. The summed E-state index contributed by atoms with van der Waals surface area (Å²) in [5, 5.41) is 8.80. The van der Waals surface area contributed by atoms with E-state index in [2.05, 4.69) is 0 Å². The first-order chi connectivity index (χ1) is 8.88. The van der Waals surface area contributed by atoms with E-state index in [1.54, 1.807) is 13.8 Å². The fraction of sp³-hybridized carbons (Fsp3) is 0.462. The third kappa shape index (κ3) is 3.64. The number of anilines is 1. The molecule has 0 aliphatic carbocycles. The molecule has 0 heterocycles. The second-order valence-corrected chi connectivity index (χ2v) is 4.52. The van der Waals surface area contributed by atoms with Crippen molar-refractivity contribution < 1.29 is 18.7 Å². The van der Waals surface area contributed by atoms with Crippen molar-refractivity contribution in [3.8, 4) is 0 Å². The van der Waals surface area contributed by atoms with E-state index in [0.717, 1.165) is 12.1 Å². The van der Waals surface area contributed by atoms with E-state index in [4.69, 9.17) is 10.8 Å². The summed E-state index contributed by atoms with van der Waals surface area (Å²) < 4.78 is 26.7. The number of nitrogens with zero attached hydrogens (tertiary/aromatic N) is 1. The summed E-state index contributed by atoms with van der Waals surface area (Å²) in [6.45, 7) is 3.85. The van der Waals surface area contributed by atoms with Gasteiger partial charge in [0.2, 0.25) is 0 Å². The zero-order valence-electron chi connectivity index (χ0n) is 11.0. The maximum Gasteiger partial charge on any atom is 0.254 e. The van der Waals surface area contributed by atoms with Crippen molar-refractivity contribution in [1.82, 2.24) is 4.90 Å². The minimum atomic E-state index is -0.950. The standard InChI is InChI=1S/C13H18F2N2O2/c1-8(2)17(4-3-5-18)13(19)9-6-10(14)12(16)11(15)7-9/h6-8,18H,3-5,16H2,1-2H3. The Labute approximate surface area is 110 Å². The minimum absolute atomic E-state index is 0.0546. The minimum Gasteiger partial charge on any atom is -0.396 e. The van der Waals surface area contributed by atoms with Crippen LogP contribution in [0.3, 0.4) is 0 Å². The van der Waals surface area contributed by atoms with Gasteiger partial charge in [0.25, 0.3) is 5.91 Å². The number of benzene rings is 1. The molecule has 1 rings (SSSR count). The van der Waals surface area contributed by atoms with Crippen molar-refractivity contribution >= 4 is 11.6 Å². The molecule has 19 heavy (non-hydrogen) atoms. The number of aliphatic hydroxyl groups excluding tert-OH is 1.